The van der Waals surface area contributed by atoms with Gasteiger partial charge in [-0.3, -0.25) is 0 Å². The molecule has 0 radical (unpaired) electrons. The predicted octanol–water partition coefficient (Wildman–Crippen LogP) is 3.52. The summed E-state index contributed by atoms with van der Waals surface area (Å²) < 4.78 is 0. The Morgan fingerprint density at radius 2 is 1.67 bits per heavy atom. The molecule has 4 heteroatoms. The highest BCUT2D eigenvalue weighted by atomic mass is 15.1. The lowest BCUT2D eigenvalue weighted by molar-refractivity contribution is 0.854. The van der Waals surface area contributed by atoms with Crippen LogP contribution in [-0.2, 0) is 12.8 Å². The fourth-order valence-corrected chi connectivity index (χ4v) is 2.36. The van der Waals surface area contributed by atoms with Gasteiger partial charge in [-0.1, -0.05) is 37.3 Å². The van der Waals surface area contributed by atoms with Crippen molar-refractivity contribution in [3.8, 4) is 0 Å². The second-order valence-electron chi connectivity index (χ2n) is 4.95. The molecule has 0 saturated heterocycles. The van der Waals surface area contributed by atoms with Crippen LogP contribution < -0.4 is 10.6 Å². The maximum atomic E-state index is 4.37. The molecule has 0 bridgehead atoms. The van der Waals surface area contributed by atoms with Gasteiger partial charge in [-0.2, -0.15) is 0 Å². The number of hydrogen-bond donors (Lipinski definition) is 2. The molecule has 0 aliphatic carbocycles. The van der Waals surface area contributed by atoms with Gasteiger partial charge in [-0.05, 0) is 31.7 Å². The van der Waals surface area contributed by atoms with Crippen molar-refractivity contribution in [2.75, 3.05) is 23.7 Å². The molecule has 1 aromatic heterocycles. The molecule has 1 aromatic carbocycles. The van der Waals surface area contributed by atoms with Crippen LogP contribution in [-0.4, -0.2) is 23.1 Å². The van der Waals surface area contributed by atoms with Gasteiger partial charge in [-0.15, -0.1) is 0 Å². The van der Waals surface area contributed by atoms with Crippen LogP contribution in [0.2, 0.25) is 0 Å². The first-order valence-corrected chi connectivity index (χ1v) is 7.70. The zero-order valence-electron chi connectivity index (χ0n) is 12.9. The van der Waals surface area contributed by atoms with Crippen molar-refractivity contribution in [3.63, 3.8) is 0 Å². The molecule has 2 N–H and O–H groups in total. The van der Waals surface area contributed by atoms with Crippen LogP contribution in [0.25, 0.3) is 0 Å². The molecule has 0 spiro atoms. The zero-order chi connectivity index (χ0) is 14.9. The molecule has 0 saturated carbocycles. The van der Waals surface area contributed by atoms with Crippen LogP contribution in [0.1, 0.15) is 31.4 Å². The normalized spacial score (nSPS) is 10.4. The summed E-state index contributed by atoms with van der Waals surface area (Å²) in [5.41, 5.74) is 2.55. The van der Waals surface area contributed by atoms with Crippen molar-refractivity contribution >= 4 is 11.6 Å². The molecule has 4 nitrogen and oxygen atoms in total. The van der Waals surface area contributed by atoms with Crippen LogP contribution in [0.5, 0.6) is 0 Å². The Morgan fingerprint density at radius 3 is 2.33 bits per heavy atom. The smallest absolute Gasteiger partial charge is 0.134 e. The molecule has 0 aliphatic heterocycles. The van der Waals surface area contributed by atoms with E-state index in [0.717, 1.165) is 44.0 Å². The van der Waals surface area contributed by atoms with Gasteiger partial charge in [0.05, 0.1) is 0 Å². The molecule has 0 fully saturated rings. The number of aromatic nitrogens is 2. The number of aryl methyl sites for hydroxylation is 1. The van der Waals surface area contributed by atoms with Gasteiger partial charge in [0.15, 0.2) is 0 Å². The zero-order valence-corrected chi connectivity index (χ0v) is 12.9. The van der Waals surface area contributed by atoms with Gasteiger partial charge in [0, 0.05) is 18.7 Å². The van der Waals surface area contributed by atoms with Crippen LogP contribution in [0, 0.1) is 0 Å². The molecule has 0 aliphatic rings. The van der Waals surface area contributed by atoms with Crippen molar-refractivity contribution in [1.82, 2.24) is 9.97 Å². The summed E-state index contributed by atoms with van der Waals surface area (Å²) in [6, 6.07) is 10.6. The van der Waals surface area contributed by atoms with Crippen molar-refractivity contribution in [2.24, 2.45) is 0 Å². The third-order valence-electron chi connectivity index (χ3n) is 3.42. The van der Waals surface area contributed by atoms with E-state index in [1.807, 2.05) is 0 Å². The molecular formula is C17H24N4. The van der Waals surface area contributed by atoms with Crippen LogP contribution in [0.4, 0.5) is 11.6 Å². The van der Waals surface area contributed by atoms with Gasteiger partial charge in [0.1, 0.15) is 18.0 Å². The summed E-state index contributed by atoms with van der Waals surface area (Å²) in [7, 11) is 0. The van der Waals surface area contributed by atoms with Gasteiger partial charge >= 0.3 is 0 Å². The van der Waals surface area contributed by atoms with Gasteiger partial charge < -0.3 is 10.6 Å². The average Bonchev–Trinajstić information content (AvgIpc) is 2.53. The average molecular weight is 284 g/mol. The monoisotopic (exact) mass is 284 g/mol. The van der Waals surface area contributed by atoms with E-state index in [2.05, 4.69) is 64.8 Å². The third kappa shape index (κ3) is 4.45. The number of hydrogen-bond acceptors (Lipinski definition) is 4. The minimum absolute atomic E-state index is 0.872. The lowest BCUT2D eigenvalue weighted by Crippen LogP contribution is -2.11. The first-order valence-electron chi connectivity index (χ1n) is 7.70. The Hall–Kier alpha value is -2.10. The van der Waals surface area contributed by atoms with Crippen LogP contribution in [0.15, 0.2) is 36.7 Å². The Balaban J connectivity index is 1.89. The maximum Gasteiger partial charge on any atom is 0.134 e. The molecule has 2 rings (SSSR count). The third-order valence-corrected chi connectivity index (χ3v) is 3.42. The summed E-state index contributed by atoms with van der Waals surface area (Å²) in [6.07, 6.45) is 4.72. The Morgan fingerprint density at radius 1 is 0.952 bits per heavy atom. The molecule has 0 unspecified atom stereocenters. The number of nitrogens with zero attached hydrogens (tertiary/aromatic N) is 2. The standard InChI is InChI=1S/C17H24N4/c1-3-15-16(18-4-2)20-13-21-17(15)19-12-8-11-14-9-6-5-7-10-14/h5-7,9-10,13H,3-4,8,11-12H2,1-2H3,(H2,18,19,20,21). The van der Waals surface area contributed by atoms with Gasteiger partial charge in [-0.25, -0.2) is 9.97 Å². The van der Waals surface area contributed by atoms with Crippen molar-refractivity contribution in [3.05, 3.63) is 47.8 Å². The molecule has 0 atom stereocenters. The van der Waals surface area contributed by atoms with Crippen LogP contribution in [0.3, 0.4) is 0 Å². The molecular weight excluding hydrogens is 260 g/mol. The van der Waals surface area contributed by atoms with Crippen molar-refractivity contribution < 1.29 is 0 Å². The van der Waals surface area contributed by atoms with E-state index in [4.69, 9.17) is 0 Å². The highest BCUT2D eigenvalue weighted by Crippen LogP contribution is 2.20. The minimum Gasteiger partial charge on any atom is -0.370 e. The first-order chi connectivity index (χ1) is 10.3. The quantitative estimate of drug-likeness (QED) is 0.728. The Labute approximate surface area is 127 Å². The summed E-state index contributed by atoms with van der Waals surface area (Å²) in [6.45, 7) is 6.01. The Kier molecular flexibility index (Phi) is 6.00. The maximum absolute atomic E-state index is 4.37. The number of nitrogens with one attached hydrogen (secondary N) is 2. The van der Waals surface area contributed by atoms with Gasteiger partial charge in [0.2, 0.25) is 0 Å². The molecule has 1 heterocycles. The topological polar surface area (TPSA) is 49.8 Å². The molecule has 112 valence electrons. The van der Waals surface area contributed by atoms with Crippen LogP contribution >= 0.6 is 0 Å². The molecule has 2 aromatic rings. The summed E-state index contributed by atoms with van der Waals surface area (Å²) in [5, 5.41) is 6.73. The van der Waals surface area contributed by atoms with E-state index in [-0.39, 0.29) is 0 Å². The second-order valence-corrected chi connectivity index (χ2v) is 4.95. The summed E-state index contributed by atoms with van der Waals surface area (Å²) in [5.74, 6) is 1.90. The summed E-state index contributed by atoms with van der Waals surface area (Å²) >= 11 is 0. The SMILES string of the molecule is CCNc1ncnc(NCCCc2ccccc2)c1CC. The van der Waals surface area contributed by atoms with Crippen molar-refractivity contribution in [1.29, 1.82) is 0 Å². The molecule has 0 amide bonds. The number of benzene rings is 1. The lowest BCUT2D eigenvalue weighted by atomic mass is 10.1. The van der Waals surface area contributed by atoms with E-state index in [1.165, 1.54) is 11.1 Å². The van der Waals surface area contributed by atoms with E-state index < -0.39 is 0 Å². The Bertz CT molecular complexity index is 540. The van der Waals surface area contributed by atoms with E-state index in [9.17, 15) is 0 Å². The first kappa shape index (κ1) is 15.3. The minimum atomic E-state index is 0.872. The van der Waals surface area contributed by atoms with E-state index in [0.29, 0.717) is 0 Å². The predicted molar refractivity (Wildman–Crippen MR) is 88.8 cm³/mol. The fourth-order valence-electron chi connectivity index (χ4n) is 2.36. The highest BCUT2D eigenvalue weighted by Gasteiger charge is 2.08. The number of anilines is 2. The molecule has 21 heavy (non-hydrogen) atoms. The highest BCUT2D eigenvalue weighted by molar-refractivity contribution is 5.57. The second kappa shape index (κ2) is 8.25. The largest absolute Gasteiger partial charge is 0.370 e. The van der Waals surface area contributed by atoms with Gasteiger partial charge in [0.25, 0.3) is 0 Å². The van der Waals surface area contributed by atoms with E-state index >= 15 is 0 Å². The lowest BCUT2D eigenvalue weighted by Gasteiger charge is -2.13. The summed E-state index contributed by atoms with van der Waals surface area (Å²) in [4.78, 5) is 8.69. The number of rotatable bonds is 8. The van der Waals surface area contributed by atoms with Crippen molar-refractivity contribution in [2.45, 2.75) is 33.1 Å². The fraction of sp³-hybridized carbons (Fsp3) is 0.412. The van der Waals surface area contributed by atoms with E-state index in [1.54, 1.807) is 6.33 Å².